The van der Waals surface area contributed by atoms with E-state index in [2.05, 4.69) is 15.7 Å². The molecule has 0 radical (unpaired) electrons. The molecule has 0 bridgehead atoms. The summed E-state index contributed by atoms with van der Waals surface area (Å²) in [5, 5.41) is 10.2. The summed E-state index contributed by atoms with van der Waals surface area (Å²) < 4.78 is 20.1. The van der Waals surface area contributed by atoms with Crippen LogP contribution in [0.4, 0.5) is 15.9 Å². The lowest BCUT2D eigenvalue weighted by molar-refractivity contribution is -0.123. The number of aromatic nitrogens is 2. The molecule has 30 heavy (non-hydrogen) atoms. The number of methoxy groups -OCH3 is 1. The van der Waals surface area contributed by atoms with E-state index in [0.717, 1.165) is 16.8 Å². The first-order valence-corrected chi connectivity index (χ1v) is 9.62. The predicted molar refractivity (Wildman–Crippen MR) is 111 cm³/mol. The van der Waals surface area contributed by atoms with E-state index in [0.29, 0.717) is 23.7 Å². The van der Waals surface area contributed by atoms with Crippen molar-refractivity contribution in [1.82, 2.24) is 9.78 Å². The molecular weight excluding hydrogens is 387 g/mol. The zero-order valence-corrected chi connectivity index (χ0v) is 16.6. The summed E-state index contributed by atoms with van der Waals surface area (Å²) in [5.41, 5.74) is 2.81. The van der Waals surface area contributed by atoms with Gasteiger partial charge in [-0.25, -0.2) is 9.07 Å². The average Bonchev–Trinajstić information content (AvgIpc) is 3.24. The Balaban J connectivity index is 1.61. The Morgan fingerprint density at radius 3 is 2.67 bits per heavy atom. The van der Waals surface area contributed by atoms with Gasteiger partial charge in [0.25, 0.3) is 5.91 Å². The van der Waals surface area contributed by atoms with Crippen LogP contribution in [0.3, 0.4) is 0 Å². The maximum Gasteiger partial charge on any atom is 0.251 e. The predicted octanol–water partition coefficient (Wildman–Crippen LogP) is 3.78. The van der Waals surface area contributed by atoms with Crippen molar-refractivity contribution in [3.63, 3.8) is 0 Å². The van der Waals surface area contributed by atoms with Crippen molar-refractivity contribution >= 4 is 23.3 Å². The smallest absolute Gasteiger partial charge is 0.251 e. The SMILES string of the molecule is CCc1nn2c(c1-c1ccc(F)cc1)NC(=O)C2CC(=O)Nc1ccccc1OC. The second kappa shape index (κ2) is 7.98. The van der Waals surface area contributed by atoms with Gasteiger partial charge < -0.3 is 15.4 Å². The van der Waals surface area contributed by atoms with Crippen molar-refractivity contribution in [2.24, 2.45) is 0 Å². The van der Waals surface area contributed by atoms with Crippen LogP contribution in [0.15, 0.2) is 48.5 Å². The molecule has 0 spiro atoms. The minimum Gasteiger partial charge on any atom is -0.495 e. The molecule has 4 rings (SSSR count). The van der Waals surface area contributed by atoms with Gasteiger partial charge in [0.05, 0.1) is 24.9 Å². The highest BCUT2D eigenvalue weighted by Crippen LogP contribution is 2.39. The highest BCUT2D eigenvalue weighted by atomic mass is 19.1. The van der Waals surface area contributed by atoms with Crippen LogP contribution in [0.2, 0.25) is 0 Å². The van der Waals surface area contributed by atoms with Crippen LogP contribution in [-0.2, 0) is 16.0 Å². The summed E-state index contributed by atoms with van der Waals surface area (Å²) >= 11 is 0. The summed E-state index contributed by atoms with van der Waals surface area (Å²) in [6, 6.07) is 12.3. The normalized spacial score (nSPS) is 14.9. The molecule has 2 aromatic carbocycles. The van der Waals surface area contributed by atoms with E-state index in [4.69, 9.17) is 4.74 Å². The zero-order valence-electron chi connectivity index (χ0n) is 16.6. The quantitative estimate of drug-likeness (QED) is 0.650. The van der Waals surface area contributed by atoms with Crippen molar-refractivity contribution in [2.45, 2.75) is 25.8 Å². The number of nitrogens with zero attached hydrogens (tertiary/aromatic N) is 2. The van der Waals surface area contributed by atoms with Gasteiger partial charge in [-0.05, 0) is 36.2 Å². The lowest BCUT2D eigenvalue weighted by Gasteiger charge is -2.12. The van der Waals surface area contributed by atoms with Crippen LogP contribution in [-0.4, -0.2) is 28.7 Å². The van der Waals surface area contributed by atoms with E-state index >= 15 is 0 Å². The molecule has 1 aliphatic rings. The number of aryl methyl sites for hydroxylation is 1. The summed E-state index contributed by atoms with van der Waals surface area (Å²) in [5.74, 6) is 0.0884. The monoisotopic (exact) mass is 408 g/mol. The Kier molecular flexibility index (Phi) is 5.22. The Morgan fingerprint density at radius 2 is 1.97 bits per heavy atom. The first-order chi connectivity index (χ1) is 14.5. The zero-order chi connectivity index (χ0) is 21.3. The summed E-state index contributed by atoms with van der Waals surface area (Å²) in [6.07, 6.45) is 0.549. The molecule has 2 amide bonds. The number of hydrogen-bond donors (Lipinski definition) is 2. The van der Waals surface area contributed by atoms with Crippen LogP contribution < -0.4 is 15.4 Å². The second-order valence-electron chi connectivity index (χ2n) is 6.93. The van der Waals surface area contributed by atoms with Gasteiger partial charge >= 0.3 is 0 Å². The van der Waals surface area contributed by atoms with Gasteiger partial charge in [-0.2, -0.15) is 5.10 Å². The molecule has 0 aliphatic carbocycles. The first kappa shape index (κ1) is 19.6. The number of halogens is 1. The molecule has 7 nitrogen and oxygen atoms in total. The van der Waals surface area contributed by atoms with Crippen LogP contribution in [0.25, 0.3) is 11.1 Å². The number of carbonyl (C=O) groups is 2. The Bertz CT molecular complexity index is 1110. The van der Waals surface area contributed by atoms with E-state index in [-0.39, 0.29) is 24.1 Å². The number of benzene rings is 2. The third-order valence-corrected chi connectivity index (χ3v) is 5.05. The maximum absolute atomic E-state index is 13.3. The third kappa shape index (κ3) is 3.52. The van der Waals surface area contributed by atoms with Crippen LogP contribution in [0, 0.1) is 5.82 Å². The highest BCUT2D eigenvalue weighted by Gasteiger charge is 2.36. The third-order valence-electron chi connectivity index (χ3n) is 5.05. The number of amides is 2. The molecule has 2 heterocycles. The molecule has 1 unspecified atom stereocenters. The van der Waals surface area contributed by atoms with Gasteiger partial charge in [-0.15, -0.1) is 0 Å². The number of carbonyl (C=O) groups excluding carboxylic acids is 2. The Labute approximate surface area is 172 Å². The van der Waals surface area contributed by atoms with Gasteiger partial charge in [0.1, 0.15) is 23.4 Å². The van der Waals surface area contributed by atoms with Crippen LogP contribution in [0.5, 0.6) is 5.75 Å². The van der Waals surface area contributed by atoms with Gasteiger partial charge in [0, 0.05) is 5.56 Å². The molecule has 1 atom stereocenters. The molecule has 0 fully saturated rings. The van der Waals surface area contributed by atoms with Crippen molar-refractivity contribution in [3.05, 3.63) is 60.0 Å². The average molecular weight is 408 g/mol. The van der Waals surface area contributed by atoms with Crippen molar-refractivity contribution in [2.75, 3.05) is 17.7 Å². The minimum absolute atomic E-state index is 0.0788. The maximum atomic E-state index is 13.3. The number of anilines is 2. The number of ether oxygens (including phenoxy) is 1. The fourth-order valence-electron chi connectivity index (χ4n) is 3.61. The summed E-state index contributed by atoms with van der Waals surface area (Å²) in [6.45, 7) is 1.95. The molecule has 0 saturated heterocycles. The summed E-state index contributed by atoms with van der Waals surface area (Å²) in [4.78, 5) is 25.2. The number of rotatable bonds is 6. The Hall–Kier alpha value is -3.68. The van der Waals surface area contributed by atoms with E-state index in [1.165, 1.54) is 19.2 Å². The number of nitrogens with one attached hydrogen (secondary N) is 2. The number of para-hydroxylation sites is 2. The first-order valence-electron chi connectivity index (χ1n) is 9.62. The molecule has 1 aliphatic heterocycles. The van der Waals surface area contributed by atoms with E-state index in [9.17, 15) is 14.0 Å². The molecule has 2 N–H and O–H groups in total. The fraction of sp³-hybridized carbons (Fsp3) is 0.227. The van der Waals surface area contributed by atoms with Crippen LogP contribution in [0.1, 0.15) is 25.1 Å². The molecule has 0 saturated carbocycles. The van der Waals surface area contributed by atoms with E-state index < -0.39 is 6.04 Å². The number of hydrogen-bond acceptors (Lipinski definition) is 4. The van der Waals surface area contributed by atoms with Crippen molar-refractivity contribution in [3.8, 4) is 16.9 Å². The highest BCUT2D eigenvalue weighted by molar-refractivity contribution is 6.04. The van der Waals surface area contributed by atoms with Gasteiger partial charge in [-0.3, -0.25) is 9.59 Å². The topological polar surface area (TPSA) is 85.2 Å². The number of fused-ring (bicyclic) bond motifs is 1. The molecular formula is C22H21FN4O3. The molecule has 3 aromatic rings. The van der Waals surface area contributed by atoms with Gasteiger partial charge in [0.15, 0.2) is 0 Å². The van der Waals surface area contributed by atoms with E-state index in [1.54, 1.807) is 41.1 Å². The van der Waals surface area contributed by atoms with Crippen LogP contribution >= 0.6 is 0 Å². The van der Waals surface area contributed by atoms with Crippen molar-refractivity contribution in [1.29, 1.82) is 0 Å². The minimum atomic E-state index is -0.769. The summed E-state index contributed by atoms with van der Waals surface area (Å²) in [7, 11) is 1.52. The molecule has 8 heteroatoms. The molecule has 154 valence electrons. The lowest BCUT2D eigenvalue weighted by Crippen LogP contribution is -2.24. The Morgan fingerprint density at radius 1 is 1.23 bits per heavy atom. The van der Waals surface area contributed by atoms with Gasteiger partial charge in [-0.1, -0.05) is 31.2 Å². The van der Waals surface area contributed by atoms with E-state index in [1.807, 2.05) is 6.92 Å². The van der Waals surface area contributed by atoms with Gasteiger partial charge in [0.2, 0.25) is 5.91 Å². The lowest BCUT2D eigenvalue weighted by atomic mass is 10.0. The standard InChI is InChI=1S/C22H21FN4O3/c1-3-15-20(13-8-10-14(23)11-9-13)21-25-22(29)17(27(21)26-15)12-19(28)24-16-6-4-5-7-18(16)30-2/h4-11,17H,3,12H2,1-2H3,(H,24,28)(H,25,29). The fourth-order valence-corrected chi connectivity index (χ4v) is 3.61. The second-order valence-corrected chi connectivity index (χ2v) is 6.93. The largest absolute Gasteiger partial charge is 0.495 e. The van der Waals surface area contributed by atoms with Crippen molar-refractivity contribution < 1.29 is 18.7 Å². The molecule has 1 aromatic heterocycles.